The molecule has 6 heteroatoms. The Hall–Kier alpha value is -2.21. The van der Waals surface area contributed by atoms with Crippen LogP contribution in [0.25, 0.3) is 11.5 Å². The van der Waals surface area contributed by atoms with Crippen molar-refractivity contribution >= 4 is 11.6 Å². The zero-order valence-electron chi connectivity index (χ0n) is 9.59. The number of nitrogens with two attached hydrogens (primary N) is 1. The van der Waals surface area contributed by atoms with Crippen LogP contribution in [0.15, 0.2) is 35.1 Å². The van der Waals surface area contributed by atoms with E-state index in [4.69, 9.17) is 10.2 Å². The Morgan fingerprint density at radius 3 is 2.94 bits per heavy atom. The standard InChI is InChI=1S/C12H12N4O2/c13-12(4-5-12)11(17)15-9-3-1-2-8(6-9)10-16-14-7-18-10/h1-3,6-7H,4-5,13H2,(H,15,17). The number of aromatic nitrogens is 2. The molecule has 1 heterocycles. The highest BCUT2D eigenvalue weighted by molar-refractivity contribution is 6.00. The molecule has 0 saturated heterocycles. The topological polar surface area (TPSA) is 94.0 Å². The molecule has 1 aliphatic carbocycles. The number of carbonyl (C=O) groups excluding carboxylic acids is 1. The smallest absolute Gasteiger partial charge is 0.247 e. The minimum atomic E-state index is -0.680. The van der Waals surface area contributed by atoms with Crippen LogP contribution in [-0.2, 0) is 4.79 Å². The second-order valence-electron chi connectivity index (χ2n) is 4.43. The summed E-state index contributed by atoms with van der Waals surface area (Å²) in [6.07, 6.45) is 2.74. The molecule has 1 saturated carbocycles. The van der Waals surface area contributed by atoms with Gasteiger partial charge in [0.2, 0.25) is 18.2 Å². The molecule has 1 aliphatic rings. The summed E-state index contributed by atoms with van der Waals surface area (Å²) in [6, 6.07) is 7.21. The summed E-state index contributed by atoms with van der Waals surface area (Å²) in [6.45, 7) is 0. The zero-order chi connectivity index (χ0) is 12.6. The first kappa shape index (κ1) is 10.9. The van der Waals surface area contributed by atoms with Gasteiger partial charge in [-0.15, -0.1) is 10.2 Å². The molecule has 0 radical (unpaired) electrons. The highest BCUT2D eigenvalue weighted by Crippen LogP contribution is 2.33. The Kier molecular flexibility index (Phi) is 2.38. The Morgan fingerprint density at radius 2 is 2.28 bits per heavy atom. The van der Waals surface area contributed by atoms with Gasteiger partial charge in [0.1, 0.15) is 0 Å². The first-order chi connectivity index (χ1) is 8.67. The lowest BCUT2D eigenvalue weighted by Gasteiger charge is -2.10. The van der Waals surface area contributed by atoms with Crippen LogP contribution in [0.4, 0.5) is 5.69 Å². The third kappa shape index (κ3) is 1.98. The summed E-state index contributed by atoms with van der Waals surface area (Å²) >= 11 is 0. The SMILES string of the molecule is NC1(C(=O)Nc2cccc(-c3nnco3)c2)CC1. The van der Waals surface area contributed by atoms with Gasteiger partial charge in [-0.1, -0.05) is 6.07 Å². The van der Waals surface area contributed by atoms with E-state index < -0.39 is 5.54 Å². The van der Waals surface area contributed by atoms with Gasteiger partial charge >= 0.3 is 0 Å². The number of amides is 1. The molecule has 6 nitrogen and oxygen atoms in total. The van der Waals surface area contributed by atoms with Crippen molar-refractivity contribution < 1.29 is 9.21 Å². The van der Waals surface area contributed by atoms with Gasteiger partial charge in [-0.25, -0.2) is 0 Å². The number of hydrogen-bond acceptors (Lipinski definition) is 5. The second-order valence-corrected chi connectivity index (χ2v) is 4.43. The Labute approximate surface area is 103 Å². The van der Waals surface area contributed by atoms with Gasteiger partial charge in [-0.3, -0.25) is 4.79 Å². The van der Waals surface area contributed by atoms with Crippen LogP contribution >= 0.6 is 0 Å². The molecular weight excluding hydrogens is 232 g/mol. The van der Waals surface area contributed by atoms with Crippen molar-refractivity contribution in [2.24, 2.45) is 5.73 Å². The van der Waals surface area contributed by atoms with Gasteiger partial charge in [0.15, 0.2) is 0 Å². The Balaban J connectivity index is 1.81. The summed E-state index contributed by atoms with van der Waals surface area (Å²) in [4.78, 5) is 11.8. The lowest BCUT2D eigenvalue weighted by Crippen LogP contribution is -2.37. The molecule has 0 unspecified atom stereocenters. The normalized spacial score (nSPS) is 16.3. The number of anilines is 1. The fourth-order valence-electron chi connectivity index (χ4n) is 1.65. The van der Waals surface area contributed by atoms with Gasteiger partial charge in [-0.2, -0.15) is 0 Å². The second kappa shape index (κ2) is 3.92. The minimum Gasteiger partial charge on any atom is -0.423 e. The number of nitrogens with zero attached hydrogens (tertiary/aromatic N) is 2. The van der Waals surface area contributed by atoms with E-state index in [0.29, 0.717) is 11.6 Å². The summed E-state index contributed by atoms with van der Waals surface area (Å²) in [5.74, 6) is 0.269. The molecule has 2 aromatic rings. The van der Waals surface area contributed by atoms with Crippen LogP contribution in [0.5, 0.6) is 0 Å². The highest BCUT2D eigenvalue weighted by Gasteiger charge is 2.45. The average Bonchev–Trinajstić information content (AvgIpc) is 2.93. The maximum Gasteiger partial charge on any atom is 0.247 e. The number of nitrogens with one attached hydrogen (secondary N) is 1. The third-order valence-corrected chi connectivity index (χ3v) is 2.97. The fourth-order valence-corrected chi connectivity index (χ4v) is 1.65. The van der Waals surface area contributed by atoms with E-state index >= 15 is 0 Å². The predicted molar refractivity (Wildman–Crippen MR) is 64.5 cm³/mol. The lowest BCUT2D eigenvalue weighted by molar-refractivity contribution is -0.118. The molecule has 1 amide bonds. The molecule has 1 aromatic heterocycles. The van der Waals surface area contributed by atoms with E-state index in [1.54, 1.807) is 12.1 Å². The zero-order valence-corrected chi connectivity index (χ0v) is 9.59. The fraction of sp³-hybridized carbons (Fsp3) is 0.250. The molecule has 1 fully saturated rings. The third-order valence-electron chi connectivity index (χ3n) is 2.97. The van der Waals surface area contributed by atoms with E-state index in [1.165, 1.54) is 6.39 Å². The highest BCUT2D eigenvalue weighted by atomic mass is 16.4. The van der Waals surface area contributed by atoms with Gasteiger partial charge in [0.05, 0.1) is 5.54 Å². The maximum atomic E-state index is 11.8. The molecule has 92 valence electrons. The van der Waals surface area contributed by atoms with Gasteiger partial charge in [0.25, 0.3) is 0 Å². The number of benzene rings is 1. The molecule has 3 N–H and O–H groups in total. The average molecular weight is 244 g/mol. The molecule has 0 bridgehead atoms. The summed E-state index contributed by atoms with van der Waals surface area (Å²) in [5, 5.41) is 10.2. The van der Waals surface area contributed by atoms with Crippen LogP contribution in [0.1, 0.15) is 12.8 Å². The summed E-state index contributed by atoms with van der Waals surface area (Å²) in [7, 11) is 0. The van der Waals surface area contributed by atoms with Crippen molar-refractivity contribution in [2.45, 2.75) is 18.4 Å². The predicted octanol–water partition coefficient (Wildman–Crippen LogP) is 1.17. The first-order valence-electron chi connectivity index (χ1n) is 5.64. The molecule has 18 heavy (non-hydrogen) atoms. The molecule has 3 rings (SSSR count). The molecule has 1 aromatic carbocycles. The van der Waals surface area contributed by atoms with Crippen LogP contribution in [0.2, 0.25) is 0 Å². The molecule has 0 spiro atoms. The van der Waals surface area contributed by atoms with Gasteiger partial charge < -0.3 is 15.5 Å². The molecule has 0 aliphatic heterocycles. The van der Waals surface area contributed by atoms with E-state index in [9.17, 15) is 4.79 Å². The quantitative estimate of drug-likeness (QED) is 0.845. The van der Waals surface area contributed by atoms with Crippen molar-refractivity contribution in [3.63, 3.8) is 0 Å². The maximum absolute atomic E-state index is 11.8. The number of rotatable bonds is 3. The van der Waals surface area contributed by atoms with Crippen molar-refractivity contribution in [3.8, 4) is 11.5 Å². The van der Waals surface area contributed by atoms with Crippen molar-refractivity contribution in [2.75, 3.05) is 5.32 Å². The molecular formula is C12H12N4O2. The van der Waals surface area contributed by atoms with Crippen LogP contribution in [0.3, 0.4) is 0 Å². The van der Waals surface area contributed by atoms with Crippen LogP contribution in [0, 0.1) is 0 Å². The van der Waals surface area contributed by atoms with Crippen molar-refractivity contribution in [1.29, 1.82) is 0 Å². The minimum absolute atomic E-state index is 0.148. The largest absolute Gasteiger partial charge is 0.423 e. The van der Waals surface area contributed by atoms with E-state index in [2.05, 4.69) is 15.5 Å². The Morgan fingerprint density at radius 1 is 1.44 bits per heavy atom. The monoisotopic (exact) mass is 244 g/mol. The van der Waals surface area contributed by atoms with E-state index in [-0.39, 0.29) is 5.91 Å². The van der Waals surface area contributed by atoms with Gasteiger partial charge in [0, 0.05) is 11.3 Å². The van der Waals surface area contributed by atoms with Crippen molar-refractivity contribution in [3.05, 3.63) is 30.7 Å². The lowest BCUT2D eigenvalue weighted by atomic mass is 10.2. The van der Waals surface area contributed by atoms with Crippen molar-refractivity contribution in [1.82, 2.24) is 10.2 Å². The summed E-state index contributed by atoms with van der Waals surface area (Å²) < 4.78 is 5.10. The van der Waals surface area contributed by atoms with Crippen LogP contribution in [-0.4, -0.2) is 21.6 Å². The number of carbonyl (C=O) groups is 1. The van der Waals surface area contributed by atoms with E-state index in [1.807, 2.05) is 12.1 Å². The summed E-state index contributed by atoms with van der Waals surface area (Å²) in [5.41, 5.74) is 6.57. The first-order valence-corrected chi connectivity index (χ1v) is 5.64. The number of hydrogen-bond donors (Lipinski definition) is 2. The molecule has 0 atom stereocenters. The van der Waals surface area contributed by atoms with Crippen LogP contribution < -0.4 is 11.1 Å². The van der Waals surface area contributed by atoms with Gasteiger partial charge in [-0.05, 0) is 31.0 Å². The Bertz CT molecular complexity index is 576. The van der Waals surface area contributed by atoms with E-state index in [0.717, 1.165) is 18.4 Å².